The van der Waals surface area contributed by atoms with Gasteiger partial charge in [-0.15, -0.1) is 0 Å². The molecule has 4 nitrogen and oxygen atoms in total. The number of esters is 1. The number of hydrogen-bond acceptors (Lipinski definition) is 4. The monoisotopic (exact) mass is 174 g/mol. The molecular weight excluding hydrogens is 160 g/mol. The Morgan fingerprint density at radius 3 is 2.50 bits per heavy atom. The smallest absolute Gasteiger partial charge is 0.308 e. The maximum absolute atomic E-state index is 11.0. The summed E-state index contributed by atoms with van der Waals surface area (Å²) in [5.41, 5.74) is 0. The molecule has 0 aromatic carbocycles. The van der Waals surface area contributed by atoms with Crippen molar-refractivity contribution in [3.8, 4) is 0 Å². The third-order valence-corrected chi connectivity index (χ3v) is 2.32. The van der Waals surface area contributed by atoms with Crippen LogP contribution in [0.4, 0.5) is 0 Å². The third-order valence-electron chi connectivity index (χ3n) is 2.32. The lowest BCUT2D eigenvalue weighted by Gasteiger charge is -2.28. The van der Waals surface area contributed by atoms with Crippen LogP contribution < -0.4 is 0 Å². The van der Waals surface area contributed by atoms with Crippen LogP contribution in [0.25, 0.3) is 0 Å². The molecule has 0 aliphatic heterocycles. The van der Waals surface area contributed by atoms with Gasteiger partial charge in [-0.05, 0) is 19.3 Å². The number of carbonyl (C=O) groups is 1. The van der Waals surface area contributed by atoms with Crippen LogP contribution in [-0.4, -0.2) is 35.5 Å². The molecule has 1 saturated carbocycles. The topological polar surface area (TPSA) is 66.8 Å². The summed E-state index contributed by atoms with van der Waals surface area (Å²) in [5.74, 6) is -0.533. The largest absolute Gasteiger partial charge is 0.469 e. The molecule has 1 aliphatic rings. The van der Waals surface area contributed by atoms with E-state index >= 15 is 0 Å². The average Bonchev–Trinajstić information content (AvgIpc) is 2.08. The minimum Gasteiger partial charge on any atom is -0.469 e. The first-order valence-electron chi connectivity index (χ1n) is 4.09. The van der Waals surface area contributed by atoms with Crippen molar-refractivity contribution in [2.24, 2.45) is 5.92 Å². The molecule has 0 unspecified atom stereocenters. The van der Waals surface area contributed by atoms with Gasteiger partial charge in [-0.25, -0.2) is 0 Å². The van der Waals surface area contributed by atoms with E-state index in [0.717, 1.165) is 0 Å². The van der Waals surface area contributed by atoms with Crippen molar-refractivity contribution in [3.05, 3.63) is 0 Å². The van der Waals surface area contributed by atoms with Gasteiger partial charge in [-0.1, -0.05) is 0 Å². The molecule has 0 spiro atoms. The van der Waals surface area contributed by atoms with Crippen molar-refractivity contribution in [2.75, 3.05) is 7.11 Å². The Hall–Kier alpha value is -0.610. The molecule has 0 aromatic rings. The highest BCUT2D eigenvalue weighted by Crippen LogP contribution is 2.25. The van der Waals surface area contributed by atoms with E-state index < -0.39 is 12.2 Å². The van der Waals surface area contributed by atoms with Crippen molar-refractivity contribution >= 4 is 5.97 Å². The average molecular weight is 174 g/mol. The number of carbonyl (C=O) groups excluding carboxylic acids is 1. The number of aliphatic hydroxyl groups excluding tert-OH is 2. The van der Waals surface area contributed by atoms with E-state index in [2.05, 4.69) is 4.74 Å². The lowest BCUT2D eigenvalue weighted by molar-refractivity contribution is -0.149. The van der Waals surface area contributed by atoms with E-state index in [1.165, 1.54) is 7.11 Å². The first-order chi connectivity index (χ1) is 5.65. The lowest BCUT2D eigenvalue weighted by Crippen LogP contribution is -2.36. The Balaban J connectivity index is 2.45. The number of ether oxygens (including phenoxy) is 1. The van der Waals surface area contributed by atoms with E-state index in [9.17, 15) is 9.90 Å². The van der Waals surface area contributed by atoms with Gasteiger partial charge < -0.3 is 14.9 Å². The van der Waals surface area contributed by atoms with Gasteiger partial charge in [0.05, 0.1) is 25.2 Å². The number of hydrogen-bond donors (Lipinski definition) is 2. The van der Waals surface area contributed by atoms with E-state index in [-0.39, 0.29) is 11.9 Å². The van der Waals surface area contributed by atoms with Gasteiger partial charge in [0, 0.05) is 0 Å². The van der Waals surface area contributed by atoms with Crippen molar-refractivity contribution in [3.63, 3.8) is 0 Å². The van der Waals surface area contributed by atoms with Crippen LogP contribution >= 0.6 is 0 Å². The standard InChI is InChI=1S/C8H14O4/c1-12-8(11)5-2-3-6(9)7(10)4-5/h5-7,9-10H,2-4H2,1H3/t5-,6-,7+/m0/s1. The first kappa shape index (κ1) is 9.48. The van der Waals surface area contributed by atoms with Crippen molar-refractivity contribution in [1.29, 1.82) is 0 Å². The van der Waals surface area contributed by atoms with Gasteiger partial charge in [0.15, 0.2) is 0 Å². The molecule has 0 amide bonds. The molecule has 4 heteroatoms. The third kappa shape index (κ3) is 1.95. The molecule has 1 fully saturated rings. The lowest BCUT2D eigenvalue weighted by atomic mass is 9.85. The molecule has 0 radical (unpaired) electrons. The minimum atomic E-state index is -0.775. The van der Waals surface area contributed by atoms with Crippen molar-refractivity contribution < 1.29 is 19.7 Å². The predicted octanol–water partition coefficient (Wildman–Crippen LogP) is -0.319. The Morgan fingerprint density at radius 1 is 1.33 bits per heavy atom. The normalized spacial score (nSPS) is 36.1. The van der Waals surface area contributed by atoms with Crippen molar-refractivity contribution in [1.82, 2.24) is 0 Å². The summed E-state index contributed by atoms with van der Waals surface area (Å²) >= 11 is 0. The summed E-state index contributed by atoms with van der Waals surface area (Å²) < 4.78 is 4.54. The fourth-order valence-electron chi connectivity index (χ4n) is 1.51. The molecule has 0 heterocycles. The van der Waals surface area contributed by atoms with Gasteiger partial charge >= 0.3 is 5.97 Å². The van der Waals surface area contributed by atoms with E-state index in [1.807, 2.05) is 0 Å². The van der Waals surface area contributed by atoms with Gasteiger partial charge in [0.1, 0.15) is 0 Å². The molecule has 2 N–H and O–H groups in total. The molecule has 0 bridgehead atoms. The maximum atomic E-state index is 11.0. The van der Waals surface area contributed by atoms with E-state index in [0.29, 0.717) is 19.3 Å². The zero-order valence-corrected chi connectivity index (χ0v) is 7.06. The Morgan fingerprint density at radius 2 is 2.00 bits per heavy atom. The Labute approximate surface area is 71.2 Å². The van der Waals surface area contributed by atoms with Crippen molar-refractivity contribution in [2.45, 2.75) is 31.5 Å². The molecule has 12 heavy (non-hydrogen) atoms. The highest BCUT2D eigenvalue weighted by molar-refractivity contribution is 5.72. The summed E-state index contributed by atoms with van der Waals surface area (Å²) in [6.07, 6.45) is -0.0617. The SMILES string of the molecule is COC(=O)[C@H]1CC[C@H](O)[C@H](O)C1. The molecule has 1 aliphatic carbocycles. The van der Waals surface area contributed by atoms with Gasteiger partial charge in [0.25, 0.3) is 0 Å². The second-order valence-electron chi connectivity index (χ2n) is 3.17. The number of aliphatic hydroxyl groups is 2. The maximum Gasteiger partial charge on any atom is 0.308 e. The molecule has 3 atom stereocenters. The van der Waals surface area contributed by atoms with Crippen LogP contribution in [-0.2, 0) is 9.53 Å². The molecule has 0 saturated heterocycles. The number of rotatable bonds is 1. The highest BCUT2D eigenvalue weighted by atomic mass is 16.5. The summed E-state index contributed by atoms with van der Waals surface area (Å²) in [5, 5.41) is 18.4. The Kier molecular flexibility index (Phi) is 3.05. The van der Waals surface area contributed by atoms with Gasteiger partial charge in [-0.2, -0.15) is 0 Å². The van der Waals surface area contributed by atoms with Crippen LogP contribution in [0, 0.1) is 5.92 Å². The Bertz CT molecular complexity index is 168. The molecular formula is C8H14O4. The van der Waals surface area contributed by atoms with Crippen LogP contribution in [0.15, 0.2) is 0 Å². The molecule has 0 aromatic heterocycles. The fourth-order valence-corrected chi connectivity index (χ4v) is 1.51. The second kappa shape index (κ2) is 3.87. The quantitative estimate of drug-likeness (QED) is 0.535. The van der Waals surface area contributed by atoms with E-state index in [1.54, 1.807) is 0 Å². The molecule has 1 rings (SSSR count). The summed E-state index contributed by atoms with van der Waals surface area (Å²) in [6.45, 7) is 0. The zero-order valence-electron chi connectivity index (χ0n) is 7.06. The summed E-state index contributed by atoms with van der Waals surface area (Å²) in [4.78, 5) is 11.0. The van der Waals surface area contributed by atoms with Crippen LogP contribution in [0.5, 0.6) is 0 Å². The summed E-state index contributed by atoms with van der Waals surface area (Å²) in [7, 11) is 1.33. The second-order valence-corrected chi connectivity index (χ2v) is 3.17. The van der Waals surface area contributed by atoms with Gasteiger partial charge in [0.2, 0.25) is 0 Å². The molecule has 70 valence electrons. The minimum absolute atomic E-state index is 0.242. The zero-order chi connectivity index (χ0) is 9.14. The fraction of sp³-hybridized carbons (Fsp3) is 0.875. The predicted molar refractivity (Wildman–Crippen MR) is 41.4 cm³/mol. The van der Waals surface area contributed by atoms with Gasteiger partial charge in [-0.3, -0.25) is 4.79 Å². The number of methoxy groups -OCH3 is 1. The van der Waals surface area contributed by atoms with Crippen LogP contribution in [0.1, 0.15) is 19.3 Å². The van der Waals surface area contributed by atoms with Crippen LogP contribution in [0.2, 0.25) is 0 Å². The van der Waals surface area contributed by atoms with Crippen LogP contribution in [0.3, 0.4) is 0 Å². The highest BCUT2D eigenvalue weighted by Gasteiger charge is 2.31. The van der Waals surface area contributed by atoms with E-state index in [4.69, 9.17) is 5.11 Å². The first-order valence-corrected chi connectivity index (χ1v) is 4.09. The summed E-state index contributed by atoms with van der Waals surface area (Å²) in [6, 6.07) is 0.